The van der Waals surface area contributed by atoms with E-state index >= 15 is 0 Å². The van der Waals surface area contributed by atoms with Crippen molar-refractivity contribution < 1.29 is 29.0 Å². The van der Waals surface area contributed by atoms with Gasteiger partial charge in [0, 0.05) is 6.54 Å². The lowest BCUT2D eigenvalue weighted by Crippen LogP contribution is -2.53. The lowest BCUT2D eigenvalue weighted by atomic mass is 10.1. The summed E-state index contributed by atoms with van der Waals surface area (Å²) in [6.45, 7) is 7.22. The number of hydrogen-bond donors (Lipinski definition) is 2. The van der Waals surface area contributed by atoms with Crippen LogP contribution in [0.1, 0.15) is 19.4 Å². The summed E-state index contributed by atoms with van der Waals surface area (Å²) in [6, 6.07) is 4.67. The number of ether oxygens (including phenoxy) is 2. The van der Waals surface area contributed by atoms with Crippen LogP contribution in [0.15, 0.2) is 36.4 Å². The Morgan fingerprint density at radius 1 is 1.39 bits per heavy atom. The van der Waals surface area contributed by atoms with E-state index in [1.807, 2.05) is 0 Å². The van der Waals surface area contributed by atoms with E-state index in [1.165, 1.54) is 30.0 Å². The van der Waals surface area contributed by atoms with Gasteiger partial charge in [0.15, 0.2) is 22.7 Å². The van der Waals surface area contributed by atoms with Crippen LogP contribution < -0.4 is 14.8 Å². The Kier molecular flexibility index (Phi) is 6.89. The molecule has 0 aliphatic carbocycles. The number of thiocarbonyl (C=S) groups is 1. The molecule has 1 aromatic carbocycles. The molecular weight excluding hydrogens is 384 g/mol. The van der Waals surface area contributed by atoms with Gasteiger partial charge in [-0.05, 0) is 49.8 Å². The van der Waals surface area contributed by atoms with Crippen molar-refractivity contribution in [1.29, 1.82) is 0 Å². The number of aliphatic carboxylic acids is 1. The molecule has 0 spiro atoms. The van der Waals surface area contributed by atoms with Gasteiger partial charge in [0.25, 0.3) is 11.8 Å². The molecule has 2 N–H and O–H groups in total. The van der Waals surface area contributed by atoms with Gasteiger partial charge in [-0.25, -0.2) is 4.79 Å². The Morgan fingerprint density at radius 2 is 2.11 bits per heavy atom. The summed E-state index contributed by atoms with van der Waals surface area (Å²) >= 11 is 5.01. The third-order valence-corrected chi connectivity index (χ3v) is 4.05. The molecule has 1 aromatic rings. The number of carbonyl (C=O) groups is 3. The van der Waals surface area contributed by atoms with Crippen molar-refractivity contribution in [3.63, 3.8) is 0 Å². The van der Waals surface area contributed by atoms with E-state index in [2.05, 4.69) is 11.9 Å². The fraction of sp³-hybridized carbons (Fsp3) is 0.263. The lowest BCUT2D eigenvalue weighted by molar-refractivity contribution is -0.144. The smallest absolute Gasteiger partial charge is 0.344 e. The van der Waals surface area contributed by atoms with Crippen LogP contribution >= 0.6 is 12.2 Å². The van der Waals surface area contributed by atoms with Gasteiger partial charge >= 0.3 is 5.97 Å². The second-order valence-corrected chi connectivity index (χ2v) is 6.15. The molecular formula is C19H20N2O6S. The molecule has 0 radical (unpaired) electrons. The maximum absolute atomic E-state index is 12.6. The third-order valence-electron chi connectivity index (χ3n) is 3.73. The minimum absolute atomic E-state index is 0.0217. The highest BCUT2D eigenvalue weighted by Gasteiger charge is 2.32. The number of nitrogens with zero attached hydrogens (tertiary/aromatic N) is 1. The predicted octanol–water partition coefficient (Wildman–Crippen LogP) is 1.75. The van der Waals surface area contributed by atoms with Gasteiger partial charge < -0.3 is 14.6 Å². The van der Waals surface area contributed by atoms with Gasteiger partial charge in [0.1, 0.15) is 5.57 Å². The van der Waals surface area contributed by atoms with E-state index in [-0.39, 0.29) is 23.0 Å². The zero-order chi connectivity index (χ0) is 20.8. The van der Waals surface area contributed by atoms with Crippen molar-refractivity contribution in [2.45, 2.75) is 20.0 Å². The van der Waals surface area contributed by atoms with E-state index in [0.717, 1.165) is 0 Å². The van der Waals surface area contributed by atoms with E-state index in [4.69, 9.17) is 26.8 Å². The van der Waals surface area contributed by atoms with Crippen LogP contribution in [0.2, 0.25) is 0 Å². The average molecular weight is 404 g/mol. The number of carboxylic acids is 1. The zero-order valence-corrected chi connectivity index (χ0v) is 16.2. The van der Waals surface area contributed by atoms with Crippen LogP contribution in [-0.4, -0.2) is 52.2 Å². The largest absolute Gasteiger partial charge is 0.490 e. The van der Waals surface area contributed by atoms with Gasteiger partial charge in [-0.2, -0.15) is 0 Å². The number of hydrogen-bond acceptors (Lipinski definition) is 6. The number of nitrogens with one attached hydrogen (secondary N) is 1. The number of carbonyl (C=O) groups excluding carboxylic acids is 2. The number of rotatable bonds is 8. The first-order valence-electron chi connectivity index (χ1n) is 8.44. The highest BCUT2D eigenvalue weighted by Crippen LogP contribution is 2.30. The molecule has 0 aromatic heterocycles. The standard InChI is InChI=1S/C19H20N2O6S/c1-4-8-21-17(23)13(16(22)20-19(21)28)9-12-6-7-14(15(10-12)26-5-2)27-11(3)18(24)25/h4,6-7,9-11H,1,5,8H2,2-3H3,(H,24,25)(H,20,22,28)/b13-9-. The zero-order valence-electron chi connectivity index (χ0n) is 15.4. The van der Waals surface area contributed by atoms with Crippen LogP contribution in [0.3, 0.4) is 0 Å². The first-order valence-corrected chi connectivity index (χ1v) is 8.85. The number of amides is 2. The van der Waals surface area contributed by atoms with Crippen molar-refractivity contribution in [3.05, 3.63) is 42.0 Å². The van der Waals surface area contributed by atoms with Gasteiger partial charge in [-0.3, -0.25) is 19.8 Å². The Labute approximate surface area is 167 Å². The monoisotopic (exact) mass is 404 g/mol. The first kappa shape index (κ1) is 21.1. The molecule has 0 bridgehead atoms. The van der Waals surface area contributed by atoms with Crippen LogP contribution in [-0.2, 0) is 14.4 Å². The SMILES string of the molecule is C=CCN1C(=O)/C(=C\c2ccc(OC(C)C(=O)O)c(OCC)c2)C(=O)NC1=S. The van der Waals surface area contributed by atoms with Crippen molar-refractivity contribution >= 4 is 41.2 Å². The van der Waals surface area contributed by atoms with E-state index < -0.39 is 23.9 Å². The molecule has 1 aliphatic rings. The minimum Gasteiger partial charge on any atom is -0.490 e. The maximum atomic E-state index is 12.6. The molecule has 1 saturated heterocycles. The number of carboxylic acid groups (broad SMARTS) is 1. The summed E-state index contributed by atoms with van der Waals surface area (Å²) in [5.74, 6) is -1.71. The molecule has 1 fully saturated rings. The summed E-state index contributed by atoms with van der Waals surface area (Å²) < 4.78 is 10.9. The van der Waals surface area contributed by atoms with E-state index in [1.54, 1.807) is 19.1 Å². The first-order chi connectivity index (χ1) is 13.3. The van der Waals surface area contributed by atoms with Gasteiger partial charge in [-0.15, -0.1) is 6.58 Å². The highest BCUT2D eigenvalue weighted by molar-refractivity contribution is 7.80. The fourth-order valence-corrected chi connectivity index (χ4v) is 2.63. The molecule has 8 nitrogen and oxygen atoms in total. The van der Waals surface area contributed by atoms with Gasteiger partial charge in [0.05, 0.1) is 6.61 Å². The van der Waals surface area contributed by atoms with Crippen molar-refractivity contribution in [2.75, 3.05) is 13.2 Å². The lowest BCUT2D eigenvalue weighted by Gasteiger charge is -2.27. The molecule has 1 atom stereocenters. The fourth-order valence-electron chi connectivity index (χ4n) is 2.38. The molecule has 1 heterocycles. The molecule has 28 heavy (non-hydrogen) atoms. The Bertz CT molecular complexity index is 864. The summed E-state index contributed by atoms with van der Waals surface area (Å²) in [7, 11) is 0. The second kappa shape index (κ2) is 9.14. The van der Waals surface area contributed by atoms with Crippen LogP contribution in [0, 0.1) is 0 Å². The van der Waals surface area contributed by atoms with Crippen molar-refractivity contribution in [2.24, 2.45) is 0 Å². The summed E-state index contributed by atoms with van der Waals surface area (Å²) in [5, 5.41) is 11.5. The second-order valence-electron chi connectivity index (χ2n) is 5.76. The van der Waals surface area contributed by atoms with Gasteiger partial charge in [0.2, 0.25) is 0 Å². The quantitative estimate of drug-likeness (QED) is 0.294. The molecule has 148 valence electrons. The normalized spacial score (nSPS) is 16.6. The molecule has 2 rings (SSSR count). The van der Waals surface area contributed by atoms with Crippen LogP contribution in [0.4, 0.5) is 0 Å². The Balaban J connectivity index is 2.38. The van der Waals surface area contributed by atoms with Crippen molar-refractivity contribution in [3.8, 4) is 11.5 Å². The Hall–Kier alpha value is -3.20. The predicted molar refractivity (Wildman–Crippen MR) is 106 cm³/mol. The van der Waals surface area contributed by atoms with Crippen molar-refractivity contribution in [1.82, 2.24) is 10.2 Å². The van der Waals surface area contributed by atoms with Crippen LogP contribution in [0.25, 0.3) is 6.08 Å². The summed E-state index contributed by atoms with van der Waals surface area (Å²) in [6.07, 6.45) is 1.84. The molecule has 1 unspecified atom stereocenters. The molecule has 2 amide bonds. The molecule has 1 aliphatic heterocycles. The molecule has 9 heteroatoms. The maximum Gasteiger partial charge on any atom is 0.344 e. The van der Waals surface area contributed by atoms with E-state index in [9.17, 15) is 14.4 Å². The summed E-state index contributed by atoms with van der Waals surface area (Å²) in [5.41, 5.74) is 0.411. The van der Waals surface area contributed by atoms with Gasteiger partial charge in [-0.1, -0.05) is 12.1 Å². The minimum atomic E-state index is -1.11. The topological polar surface area (TPSA) is 105 Å². The molecule has 0 saturated carbocycles. The summed E-state index contributed by atoms with van der Waals surface area (Å²) in [4.78, 5) is 37.0. The Morgan fingerprint density at radius 3 is 2.71 bits per heavy atom. The number of benzene rings is 1. The third kappa shape index (κ3) is 4.74. The van der Waals surface area contributed by atoms with E-state index in [0.29, 0.717) is 17.9 Å². The highest BCUT2D eigenvalue weighted by atomic mass is 32.1. The van der Waals surface area contributed by atoms with Crippen LogP contribution in [0.5, 0.6) is 11.5 Å². The average Bonchev–Trinajstić information content (AvgIpc) is 2.64.